The summed E-state index contributed by atoms with van der Waals surface area (Å²) in [5.41, 5.74) is 0.453. The predicted octanol–water partition coefficient (Wildman–Crippen LogP) is 2.77. The van der Waals surface area contributed by atoms with E-state index < -0.39 is 0 Å². The maximum absolute atomic E-state index is 12.2. The first kappa shape index (κ1) is 16.6. The summed E-state index contributed by atoms with van der Waals surface area (Å²) in [6.45, 7) is 0.301. The number of benzene rings is 1. The van der Waals surface area contributed by atoms with Crippen molar-refractivity contribution in [2.75, 3.05) is 25.6 Å². The summed E-state index contributed by atoms with van der Waals surface area (Å²) in [4.78, 5) is 26.2. The third-order valence-electron chi connectivity index (χ3n) is 3.41. The van der Waals surface area contributed by atoms with Crippen LogP contribution in [0.5, 0.6) is 11.5 Å². The molecule has 0 fully saturated rings. The SMILES string of the molecule is CN(Cc1ccc(Cl)s1)C(=O)COc1cccc2c1NC(=O)CO2. The number of carbonyl (C=O) groups excluding carboxylic acids is 2. The largest absolute Gasteiger partial charge is 0.481 e. The number of halogens is 1. The van der Waals surface area contributed by atoms with Crippen molar-refractivity contribution in [1.29, 1.82) is 0 Å². The van der Waals surface area contributed by atoms with Crippen LogP contribution in [0.1, 0.15) is 4.88 Å². The molecule has 2 amide bonds. The molecule has 0 spiro atoms. The zero-order valence-electron chi connectivity index (χ0n) is 12.9. The van der Waals surface area contributed by atoms with Gasteiger partial charge in [0.15, 0.2) is 13.2 Å². The average Bonchev–Trinajstić information content (AvgIpc) is 2.97. The number of ether oxygens (including phenoxy) is 2. The highest BCUT2D eigenvalue weighted by molar-refractivity contribution is 7.16. The maximum atomic E-state index is 12.2. The molecule has 1 aromatic carbocycles. The second kappa shape index (κ2) is 7.11. The van der Waals surface area contributed by atoms with Gasteiger partial charge in [0.1, 0.15) is 17.2 Å². The van der Waals surface area contributed by atoms with Crippen molar-refractivity contribution in [3.63, 3.8) is 0 Å². The van der Waals surface area contributed by atoms with E-state index in [1.165, 1.54) is 11.3 Å². The monoisotopic (exact) mass is 366 g/mol. The number of hydrogen-bond acceptors (Lipinski definition) is 5. The second-order valence-corrected chi connectivity index (χ2v) is 7.01. The van der Waals surface area contributed by atoms with Crippen molar-refractivity contribution in [1.82, 2.24) is 4.90 Å². The van der Waals surface area contributed by atoms with Crippen LogP contribution in [0, 0.1) is 0 Å². The van der Waals surface area contributed by atoms with E-state index in [-0.39, 0.29) is 25.0 Å². The van der Waals surface area contributed by atoms with Crippen LogP contribution in [-0.2, 0) is 16.1 Å². The molecule has 0 radical (unpaired) electrons. The van der Waals surface area contributed by atoms with Crippen LogP contribution >= 0.6 is 22.9 Å². The number of thiophene rings is 1. The van der Waals surface area contributed by atoms with E-state index in [1.807, 2.05) is 6.07 Å². The lowest BCUT2D eigenvalue weighted by molar-refractivity contribution is -0.132. The van der Waals surface area contributed by atoms with Gasteiger partial charge in [0.2, 0.25) is 0 Å². The van der Waals surface area contributed by atoms with Gasteiger partial charge in [-0.3, -0.25) is 9.59 Å². The minimum absolute atomic E-state index is 0.0263. The van der Waals surface area contributed by atoms with Gasteiger partial charge >= 0.3 is 0 Å². The fourth-order valence-electron chi connectivity index (χ4n) is 2.20. The van der Waals surface area contributed by atoms with E-state index in [0.717, 1.165) is 4.88 Å². The van der Waals surface area contributed by atoms with E-state index in [0.29, 0.717) is 28.1 Å². The highest BCUT2D eigenvalue weighted by Crippen LogP contribution is 2.36. The zero-order chi connectivity index (χ0) is 17.1. The van der Waals surface area contributed by atoms with Crippen LogP contribution < -0.4 is 14.8 Å². The fraction of sp³-hybridized carbons (Fsp3) is 0.250. The summed E-state index contributed by atoms with van der Waals surface area (Å²) in [6, 6.07) is 8.84. The third kappa shape index (κ3) is 3.80. The summed E-state index contributed by atoms with van der Waals surface area (Å²) < 4.78 is 11.6. The molecule has 1 aliphatic heterocycles. The second-order valence-electron chi connectivity index (χ2n) is 5.21. The molecule has 24 heavy (non-hydrogen) atoms. The smallest absolute Gasteiger partial charge is 0.262 e. The molecule has 1 N–H and O–H groups in total. The van der Waals surface area contributed by atoms with Crippen LogP contribution in [0.15, 0.2) is 30.3 Å². The van der Waals surface area contributed by atoms with Gasteiger partial charge in [-0.2, -0.15) is 0 Å². The van der Waals surface area contributed by atoms with Crippen LogP contribution in [0.2, 0.25) is 4.34 Å². The molecule has 3 rings (SSSR count). The van der Waals surface area contributed by atoms with Gasteiger partial charge in [-0.15, -0.1) is 11.3 Å². The van der Waals surface area contributed by atoms with Crippen LogP contribution in [0.4, 0.5) is 5.69 Å². The number of rotatable bonds is 5. The number of amides is 2. The van der Waals surface area contributed by atoms with Gasteiger partial charge < -0.3 is 19.7 Å². The van der Waals surface area contributed by atoms with Crippen molar-refractivity contribution in [3.05, 3.63) is 39.5 Å². The number of nitrogens with one attached hydrogen (secondary N) is 1. The topological polar surface area (TPSA) is 67.9 Å². The van der Waals surface area contributed by atoms with Gasteiger partial charge in [-0.1, -0.05) is 17.7 Å². The highest BCUT2D eigenvalue weighted by Gasteiger charge is 2.20. The molecule has 2 heterocycles. The lowest BCUT2D eigenvalue weighted by Gasteiger charge is -2.21. The molecule has 0 atom stereocenters. The molecule has 8 heteroatoms. The quantitative estimate of drug-likeness (QED) is 0.883. The van der Waals surface area contributed by atoms with Crippen LogP contribution in [-0.4, -0.2) is 37.0 Å². The summed E-state index contributed by atoms with van der Waals surface area (Å²) in [6.07, 6.45) is 0. The Morgan fingerprint density at radius 3 is 3.00 bits per heavy atom. The molecule has 0 saturated carbocycles. The number of anilines is 1. The van der Waals surface area contributed by atoms with Gasteiger partial charge in [-0.25, -0.2) is 0 Å². The molecular weight excluding hydrogens is 352 g/mol. The molecule has 6 nitrogen and oxygen atoms in total. The number of likely N-dealkylation sites (N-methyl/N-ethyl adjacent to an activating group) is 1. The van der Waals surface area contributed by atoms with Crippen molar-refractivity contribution in [3.8, 4) is 11.5 Å². The van der Waals surface area contributed by atoms with E-state index in [9.17, 15) is 9.59 Å². The first-order chi connectivity index (χ1) is 11.5. The Kier molecular flexibility index (Phi) is 4.92. The normalized spacial score (nSPS) is 12.8. The van der Waals surface area contributed by atoms with E-state index in [1.54, 1.807) is 36.2 Å². The van der Waals surface area contributed by atoms with Gasteiger partial charge in [0.25, 0.3) is 11.8 Å². The fourth-order valence-corrected chi connectivity index (χ4v) is 3.34. The molecule has 0 unspecified atom stereocenters. The number of para-hydroxylation sites is 1. The lowest BCUT2D eigenvalue weighted by Crippen LogP contribution is -2.31. The maximum Gasteiger partial charge on any atom is 0.262 e. The summed E-state index contributed by atoms with van der Waals surface area (Å²) in [7, 11) is 1.70. The van der Waals surface area contributed by atoms with Gasteiger partial charge in [-0.05, 0) is 24.3 Å². The summed E-state index contributed by atoms with van der Waals surface area (Å²) >= 11 is 7.32. The standard InChI is InChI=1S/C16H15ClN2O4S/c1-19(7-10-5-6-13(17)24-10)15(21)9-23-12-4-2-3-11-16(12)18-14(20)8-22-11/h2-6H,7-9H2,1H3,(H,18,20). The Bertz CT molecular complexity index is 777. The molecule has 0 saturated heterocycles. The third-order valence-corrected chi connectivity index (χ3v) is 4.63. The Morgan fingerprint density at radius 1 is 1.42 bits per heavy atom. The number of hydrogen-bond donors (Lipinski definition) is 1. The van der Waals surface area contributed by atoms with Crippen molar-refractivity contribution >= 4 is 40.4 Å². The molecule has 2 aromatic rings. The van der Waals surface area contributed by atoms with Crippen molar-refractivity contribution in [2.45, 2.75) is 6.54 Å². The van der Waals surface area contributed by atoms with E-state index in [4.69, 9.17) is 21.1 Å². The van der Waals surface area contributed by atoms with Crippen molar-refractivity contribution < 1.29 is 19.1 Å². The number of nitrogens with zero attached hydrogens (tertiary/aromatic N) is 1. The Balaban J connectivity index is 1.61. The minimum Gasteiger partial charge on any atom is -0.481 e. The van der Waals surface area contributed by atoms with Crippen molar-refractivity contribution in [2.24, 2.45) is 0 Å². The average molecular weight is 367 g/mol. The van der Waals surface area contributed by atoms with E-state index in [2.05, 4.69) is 5.32 Å². The molecule has 0 aliphatic carbocycles. The Morgan fingerprint density at radius 2 is 2.25 bits per heavy atom. The molecule has 1 aromatic heterocycles. The Hall–Kier alpha value is -2.25. The molecular formula is C16H15ClN2O4S. The highest BCUT2D eigenvalue weighted by atomic mass is 35.5. The zero-order valence-corrected chi connectivity index (χ0v) is 14.4. The molecule has 0 bridgehead atoms. The van der Waals surface area contributed by atoms with Crippen LogP contribution in [0.3, 0.4) is 0 Å². The number of fused-ring (bicyclic) bond motifs is 1. The predicted molar refractivity (Wildman–Crippen MR) is 91.9 cm³/mol. The Labute approximate surface area is 147 Å². The molecule has 1 aliphatic rings. The minimum atomic E-state index is -0.253. The first-order valence-electron chi connectivity index (χ1n) is 7.19. The summed E-state index contributed by atoms with van der Waals surface area (Å²) in [5.74, 6) is 0.499. The number of carbonyl (C=O) groups is 2. The van der Waals surface area contributed by atoms with E-state index >= 15 is 0 Å². The summed E-state index contributed by atoms with van der Waals surface area (Å²) in [5, 5.41) is 2.70. The van der Waals surface area contributed by atoms with Gasteiger partial charge in [0, 0.05) is 11.9 Å². The molecule has 126 valence electrons. The van der Waals surface area contributed by atoms with Gasteiger partial charge in [0.05, 0.1) is 10.9 Å². The van der Waals surface area contributed by atoms with Crippen LogP contribution in [0.25, 0.3) is 0 Å². The first-order valence-corrected chi connectivity index (χ1v) is 8.39. The lowest BCUT2D eigenvalue weighted by atomic mass is 10.2.